The fourth-order valence-electron chi connectivity index (χ4n) is 5.85. The summed E-state index contributed by atoms with van der Waals surface area (Å²) < 4.78 is 12.7. The van der Waals surface area contributed by atoms with Crippen molar-refractivity contribution in [3.63, 3.8) is 0 Å². The number of nitrogens with zero attached hydrogens (tertiary/aromatic N) is 2. The summed E-state index contributed by atoms with van der Waals surface area (Å²) in [5, 5.41) is 13.2. The number of likely N-dealkylation sites (N-methyl/N-ethyl adjacent to an activating group) is 1. The molecule has 1 aromatic rings. The molecule has 0 bridgehead atoms. The van der Waals surface area contributed by atoms with Gasteiger partial charge in [-0.1, -0.05) is 33.1 Å². The number of aliphatic hydroxyl groups is 1. The number of hydrogen-bond acceptors (Lipinski definition) is 6. The Morgan fingerprint density at radius 1 is 1.15 bits per heavy atom. The lowest BCUT2D eigenvalue weighted by molar-refractivity contribution is -0.120. The second-order valence-corrected chi connectivity index (χ2v) is 12.1. The molecule has 1 heterocycles. The molecular formula is C32H53N3O5. The van der Waals surface area contributed by atoms with Crippen LogP contribution in [0.4, 0.5) is 5.69 Å². The molecule has 2 N–H and O–H groups in total. The predicted molar refractivity (Wildman–Crippen MR) is 160 cm³/mol. The molecular weight excluding hydrogens is 506 g/mol. The Bertz CT molecular complexity index is 935. The number of carbonyl (C=O) groups excluding carboxylic acids is 2. The molecule has 2 aliphatic rings. The fraction of sp³-hybridized carbons (Fsp3) is 0.750. The van der Waals surface area contributed by atoms with Crippen LogP contribution < -0.4 is 10.1 Å². The Balaban J connectivity index is 1.92. The zero-order valence-corrected chi connectivity index (χ0v) is 25.5. The average molecular weight is 560 g/mol. The lowest BCUT2D eigenvalue weighted by atomic mass is 9.88. The first kappa shape index (κ1) is 32.4. The van der Waals surface area contributed by atoms with Gasteiger partial charge in [-0.2, -0.15) is 0 Å². The van der Waals surface area contributed by atoms with Crippen molar-refractivity contribution in [3.8, 4) is 5.75 Å². The minimum atomic E-state index is -0.386. The molecule has 1 saturated carbocycles. The van der Waals surface area contributed by atoms with Crippen LogP contribution in [0.25, 0.3) is 0 Å². The van der Waals surface area contributed by atoms with Crippen LogP contribution in [-0.4, -0.2) is 84.9 Å². The van der Waals surface area contributed by atoms with Crippen molar-refractivity contribution in [1.29, 1.82) is 0 Å². The summed E-state index contributed by atoms with van der Waals surface area (Å²) in [6.45, 7) is 10.9. The van der Waals surface area contributed by atoms with Gasteiger partial charge in [-0.15, -0.1) is 0 Å². The van der Waals surface area contributed by atoms with E-state index in [1.54, 1.807) is 11.0 Å². The average Bonchev–Trinajstić information content (AvgIpc) is 2.95. The third kappa shape index (κ3) is 9.45. The summed E-state index contributed by atoms with van der Waals surface area (Å²) in [4.78, 5) is 31.2. The molecule has 3 rings (SSSR count). The van der Waals surface area contributed by atoms with Gasteiger partial charge >= 0.3 is 0 Å². The predicted octanol–water partition coefficient (Wildman–Crippen LogP) is 5.34. The maximum Gasteiger partial charge on any atom is 0.258 e. The Morgan fingerprint density at radius 3 is 2.58 bits per heavy atom. The van der Waals surface area contributed by atoms with Gasteiger partial charge in [0.05, 0.1) is 30.4 Å². The van der Waals surface area contributed by atoms with Crippen LogP contribution >= 0.6 is 0 Å². The van der Waals surface area contributed by atoms with Gasteiger partial charge in [0.25, 0.3) is 5.91 Å². The first-order valence-corrected chi connectivity index (χ1v) is 15.6. The molecule has 0 spiro atoms. The topological polar surface area (TPSA) is 91.3 Å². The number of hydrogen-bond donors (Lipinski definition) is 2. The van der Waals surface area contributed by atoms with Crippen molar-refractivity contribution in [1.82, 2.24) is 9.80 Å². The molecule has 1 aliphatic carbocycles. The highest BCUT2D eigenvalue weighted by Crippen LogP contribution is 2.30. The van der Waals surface area contributed by atoms with Crippen molar-refractivity contribution >= 4 is 17.5 Å². The molecule has 0 saturated heterocycles. The van der Waals surface area contributed by atoms with Crippen molar-refractivity contribution in [2.24, 2.45) is 11.8 Å². The van der Waals surface area contributed by atoms with Gasteiger partial charge in [-0.3, -0.25) is 9.59 Å². The summed E-state index contributed by atoms with van der Waals surface area (Å²) >= 11 is 0. The summed E-state index contributed by atoms with van der Waals surface area (Å²) in [7, 11) is 2.11. The SMILES string of the molecule is CCCN(C)C[C@H]1OCCCC[C@H](C)Oc2ccc(NC(=O)C3CCCCC3)cc2C(=O)N([C@H](C)CO)C[C@H]1C. The van der Waals surface area contributed by atoms with Crippen LogP contribution in [-0.2, 0) is 9.53 Å². The Labute approximate surface area is 241 Å². The molecule has 0 aromatic heterocycles. The third-order valence-corrected chi connectivity index (χ3v) is 8.39. The minimum absolute atomic E-state index is 0.0175. The normalized spacial score (nSPS) is 24.6. The zero-order valence-electron chi connectivity index (χ0n) is 25.5. The molecule has 1 aromatic carbocycles. The van der Waals surface area contributed by atoms with Crippen LogP contribution in [0.5, 0.6) is 5.75 Å². The standard InChI is InChI=1S/C32H53N3O5/c1-6-17-34(5)21-30-23(2)20-35(24(3)22-36)32(38)28-19-27(33-31(37)26-13-8-7-9-14-26)15-16-29(28)40-25(4)12-10-11-18-39-30/h15-16,19,23-26,30,36H,6-14,17-18,20-22H2,1-5H3,(H,33,37)/t23-,24-,25+,30-/m1/s1. The van der Waals surface area contributed by atoms with E-state index in [1.165, 1.54) is 6.42 Å². The maximum atomic E-state index is 14.2. The van der Waals surface area contributed by atoms with Gasteiger partial charge in [-0.05, 0) is 84.2 Å². The molecule has 4 atom stereocenters. The second-order valence-electron chi connectivity index (χ2n) is 12.1. The second kappa shape index (κ2) is 16.3. The highest BCUT2D eigenvalue weighted by atomic mass is 16.5. The van der Waals surface area contributed by atoms with E-state index in [9.17, 15) is 14.7 Å². The van der Waals surface area contributed by atoms with E-state index >= 15 is 0 Å². The largest absolute Gasteiger partial charge is 0.490 e. The summed E-state index contributed by atoms with van der Waals surface area (Å²) in [6.07, 6.45) is 8.89. The van der Waals surface area contributed by atoms with Gasteiger partial charge < -0.3 is 29.7 Å². The van der Waals surface area contributed by atoms with Crippen LogP contribution in [0.2, 0.25) is 0 Å². The molecule has 1 aliphatic heterocycles. The first-order chi connectivity index (χ1) is 19.2. The van der Waals surface area contributed by atoms with Crippen molar-refractivity contribution < 1.29 is 24.2 Å². The van der Waals surface area contributed by atoms with E-state index in [0.29, 0.717) is 30.2 Å². The highest BCUT2D eigenvalue weighted by molar-refractivity contribution is 6.00. The summed E-state index contributed by atoms with van der Waals surface area (Å²) in [6, 6.07) is 5.01. The van der Waals surface area contributed by atoms with Crippen molar-refractivity contribution in [3.05, 3.63) is 23.8 Å². The minimum Gasteiger partial charge on any atom is -0.490 e. The van der Waals surface area contributed by atoms with Crippen LogP contribution in [0, 0.1) is 11.8 Å². The quantitative estimate of drug-likeness (QED) is 0.447. The number of aliphatic hydroxyl groups excluding tert-OH is 1. The monoisotopic (exact) mass is 559 g/mol. The Kier molecular flexibility index (Phi) is 13.2. The smallest absolute Gasteiger partial charge is 0.258 e. The molecule has 226 valence electrons. The molecule has 40 heavy (non-hydrogen) atoms. The number of rotatable bonds is 8. The summed E-state index contributed by atoms with van der Waals surface area (Å²) in [5.41, 5.74) is 1.02. The summed E-state index contributed by atoms with van der Waals surface area (Å²) in [5.74, 6) is 0.403. The molecule has 0 radical (unpaired) electrons. The number of anilines is 1. The molecule has 8 nitrogen and oxygen atoms in total. The number of amides is 2. The van der Waals surface area contributed by atoms with E-state index in [0.717, 1.165) is 64.5 Å². The number of nitrogens with one attached hydrogen (secondary N) is 1. The van der Waals surface area contributed by atoms with E-state index in [2.05, 4.69) is 31.1 Å². The van der Waals surface area contributed by atoms with E-state index < -0.39 is 0 Å². The molecule has 2 amide bonds. The number of ether oxygens (including phenoxy) is 2. The lowest BCUT2D eigenvalue weighted by Crippen LogP contribution is -2.47. The lowest BCUT2D eigenvalue weighted by Gasteiger charge is -2.36. The van der Waals surface area contributed by atoms with Crippen molar-refractivity contribution in [2.75, 3.05) is 45.2 Å². The fourth-order valence-corrected chi connectivity index (χ4v) is 5.85. The molecule has 1 fully saturated rings. The highest BCUT2D eigenvalue weighted by Gasteiger charge is 2.30. The van der Waals surface area contributed by atoms with Gasteiger partial charge in [0, 0.05) is 37.2 Å². The van der Waals surface area contributed by atoms with Gasteiger partial charge in [0.1, 0.15) is 5.75 Å². The number of fused-ring (bicyclic) bond motifs is 1. The number of benzene rings is 1. The number of carbonyl (C=O) groups is 2. The van der Waals surface area contributed by atoms with Crippen LogP contribution in [0.3, 0.4) is 0 Å². The Morgan fingerprint density at radius 2 is 1.88 bits per heavy atom. The van der Waals surface area contributed by atoms with Crippen LogP contribution in [0.1, 0.15) is 95.8 Å². The van der Waals surface area contributed by atoms with E-state index in [-0.39, 0.29) is 48.5 Å². The van der Waals surface area contributed by atoms with E-state index in [4.69, 9.17) is 9.47 Å². The Hall–Kier alpha value is -2.16. The third-order valence-electron chi connectivity index (χ3n) is 8.39. The van der Waals surface area contributed by atoms with Gasteiger partial charge in [0.15, 0.2) is 0 Å². The zero-order chi connectivity index (χ0) is 29.1. The van der Waals surface area contributed by atoms with Gasteiger partial charge in [0.2, 0.25) is 5.91 Å². The van der Waals surface area contributed by atoms with Crippen molar-refractivity contribution in [2.45, 2.75) is 104 Å². The first-order valence-electron chi connectivity index (χ1n) is 15.6. The van der Waals surface area contributed by atoms with E-state index in [1.807, 2.05) is 26.0 Å². The molecule has 8 heteroatoms. The van der Waals surface area contributed by atoms with Crippen LogP contribution in [0.15, 0.2) is 18.2 Å². The molecule has 0 unspecified atom stereocenters. The van der Waals surface area contributed by atoms with Gasteiger partial charge in [-0.25, -0.2) is 0 Å². The maximum absolute atomic E-state index is 14.2.